The highest BCUT2D eigenvalue weighted by atomic mass is 19.3. The Kier molecular flexibility index (Phi) is 4.56. The van der Waals surface area contributed by atoms with E-state index in [0.717, 1.165) is 30.8 Å². The first kappa shape index (κ1) is 18.6. The molecule has 8 heteroatoms. The van der Waals surface area contributed by atoms with Crippen LogP contribution < -0.4 is 15.8 Å². The smallest absolute Gasteiger partial charge is 0.251 e. The lowest BCUT2D eigenvalue weighted by atomic mass is 9.79. The van der Waals surface area contributed by atoms with Crippen molar-refractivity contribution >= 4 is 5.82 Å². The van der Waals surface area contributed by atoms with Crippen LogP contribution in [-0.4, -0.2) is 46.7 Å². The molecule has 1 aromatic rings. The number of hydrogen-bond acceptors (Lipinski definition) is 6. The second-order valence-electron chi connectivity index (χ2n) is 9.18. The molecule has 154 valence electrons. The van der Waals surface area contributed by atoms with E-state index in [-0.39, 0.29) is 24.5 Å². The number of hydrogen-bond donors (Lipinski definition) is 2. The van der Waals surface area contributed by atoms with E-state index in [1.54, 1.807) is 6.33 Å². The van der Waals surface area contributed by atoms with Crippen LogP contribution in [0.1, 0.15) is 63.6 Å². The number of fused-ring (bicyclic) bond motifs is 1. The molecule has 2 saturated heterocycles. The minimum Gasteiger partial charge on any atom is -0.372 e. The molecule has 4 atom stereocenters. The molecule has 0 aromatic carbocycles. The summed E-state index contributed by atoms with van der Waals surface area (Å²) in [6, 6.07) is 2.48. The topological polar surface area (TPSA) is 62.3 Å². The van der Waals surface area contributed by atoms with Crippen molar-refractivity contribution in [2.24, 2.45) is 5.92 Å². The van der Waals surface area contributed by atoms with Gasteiger partial charge in [-0.25, -0.2) is 24.2 Å². The van der Waals surface area contributed by atoms with Gasteiger partial charge in [-0.05, 0) is 39.0 Å². The van der Waals surface area contributed by atoms with Crippen LogP contribution in [0.3, 0.4) is 0 Å². The largest absolute Gasteiger partial charge is 0.372 e. The van der Waals surface area contributed by atoms with Gasteiger partial charge in [-0.1, -0.05) is 0 Å². The molecular weight excluding hydrogens is 364 g/mol. The highest BCUT2D eigenvalue weighted by Crippen LogP contribution is 2.45. The van der Waals surface area contributed by atoms with Gasteiger partial charge in [0.15, 0.2) is 0 Å². The highest BCUT2D eigenvalue weighted by Gasteiger charge is 2.46. The normalized spacial score (nSPS) is 36.2. The van der Waals surface area contributed by atoms with Crippen molar-refractivity contribution < 1.29 is 13.5 Å². The van der Waals surface area contributed by atoms with E-state index in [9.17, 15) is 8.78 Å². The predicted molar refractivity (Wildman–Crippen MR) is 101 cm³/mol. The Balaban J connectivity index is 1.29. The summed E-state index contributed by atoms with van der Waals surface area (Å²) in [6.07, 6.45) is 7.18. The molecule has 28 heavy (non-hydrogen) atoms. The molecule has 2 N–H and O–H groups in total. The average Bonchev–Trinajstić information content (AvgIpc) is 3.25. The van der Waals surface area contributed by atoms with Crippen molar-refractivity contribution in [1.82, 2.24) is 20.8 Å². The van der Waals surface area contributed by atoms with Crippen LogP contribution in [0.25, 0.3) is 0 Å². The van der Waals surface area contributed by atoms with Crippen LogP contribution in [0.5, 0.6) is 0 Å². The van der Waals surface area contributed by atoms with Crippen LogP contribution in [0, 0.1) is 5.92 Å². The lowest BCUT2D eigenvalue weighted by molar-refractivity contribution is -0.0500. The van der Waals surface area contributed by atoms with Gasteiger partial charge in [0.2, 0.25) is 0 Å². The maximum atomic E-state index is 13.5. The molecule has 0 radical (unpaired) electrons. The summed E-state index contributed by atoms with van der Waals surface area (Å²) in [5, 5.41) is 0. The van der Waals surface area contributed by atoms with E-state index >= 15 is 0 Å². The second-order valence-corrected chi connectivity index (χ2v) is 9.18. The second kappa shape index (κ2) is 6.85. The van der Waals surface area contributed by atoms with E-state index < -0.39 is 5.92 Å². The summed E-state index contributed by atoms with van der Waals surface area (Å²) in [7, 11) is 0. The Labute approximate surface area is 164 Å². The summed E-state index contributed by atoms with van der Waals surface area (Å²) in [4.78, 5) is 10.8. The Morgan fingerprint density at radius 1 is 1.11 bits per heavy atom. The lowest BCUT2D eigenvalue weighted by Crippen LogP contribution is -2.40. The minimum absolute atomic E-state index is 0.0939. The van der Waals surface area contributed by atoms with Gasteiger partial charge in [0, 0.05) is 44.0 Å². The molecule has 2 saturated carbocycles. The monoisotopic (exact) mass is 393 g/mol. The fourth-order valence-electron chi connectivity index (χ4n) is 4.88. The number of piperidine rings is 1. The van der Waals surface area contributed by atoms with Gasteiger partial charge < -0.3 is 9.64 Å². The Hall–Kier alpha value is -1.38. The van der Waals surface area contributed by atoms with Gasteiger partial charge in [-0.3, -0.25) is 5.43 Å². The molecule has 0 spiro atoms. The number of alkyl halides is 2. The first-order valence-electron chi connectivity index (χ1n) is 10.5. The quantitative estimate of drug-likeness (QED) is 0.820. The van der Waals surface area contributed by atoms with Gasteiger partial charge in [-0.2, -0.15) is 0 Å². The summed E-state index contributed by atoms with van der Waals surface area (Å²) in [5.41, 5.74) is 7.89. The predicted octanol–water partition coefficient (Wildman–Crippen LogP) is 2.97. The summed E-state index contributed by atoms with van der Waals surface area (Å²) in [6.45, 7) is 2.88. The van der Waals surface area contributed by atoms with Crippen molar-refractivity contribution in [2.45, 2.75) is 81.6 Å². The first-order valence-corrected chi connectivity index (χ1v) is 10.5. The van der Waals surface area contributed by atoms with Crippen LogP contribution in [0.4, 0.5) is 14.6 Å². The molecule has 4 fully saturated rings. The molecule has 3 heterocycles. The standard InChI is InChI=1S/C20H29F2N5O/c1-19(4-5-19)28-13-2-3-15-14(10-13)18(26-25-15)16-11-17(24-12-23-16)27-8-6-20(21,22)7-9-27/h11-15,18,25-26H,2-10H2,1H3. The van der Waals surface area contributed by atoms with Crippen molar-refractivity contribution in [1.29, 1.82) is 0 Å². The minimum atomic E-state index is -2.55. The SMILES string of the molecule is CC1(OC2CCC3NNC(c4cc(N5CCC(F)(F)CC5)ncn4)C3C2)CC1. The van der Waals surface area contributed by atoms with Crippen LogP contribution in [-0.2, 0) is 4.74 Å². The number of nitrogens with one attached hydrogen (secondary N) is 2. The van der Waals surface area contributed by atoms with E-state index in [1.807, 2.05) is 11.0 Å². The zero-order chi connectivity index (χ0) is 19.4. The fraction of sp³-hybridized carbons (Fsp3) is 0.800. The van der Waals surface area contributed by atoms with Crippen molar-refractivity contribution in [3.8, 4) is 0 Å². The highest BCUT2D eigenvalue weighted by molar-refractivity contribution is 5.40. The maximum absolute atomic E-state index is 13.5. The fourth-order valence-corrected chi connectivity index (χ4v) is 4.88. The van der Waals surface area contributed by atoms with E-state index in [4.69, 9.17) is 4.74 Å². The summed E-state index contributed by atoms with van der Waals surface area (Å²) >= 11 is 0. The summed E-state index contributed by atoms with van der Waals surface area (Å²) < 4.78 is 33.3. The van der Waals surface area contributed by atoms with Gasteiger partial charge in [0.25, 0.3) is 5.92 Å². The first-order chi connectivity index (χ1) is 13.4. The maximum Gasteiger partial charge on any atom is 0.251 e. The van der Waals surface area contributed by atoms with E-state index in [1.165, 1.54) is 12.8 Å². The Morgan fingerprint density at radius 3 is 2.64 bits per heavy atom. The average molecular weight is 393 g/mol. The van der Waals surface area contributed by atoms with Crippen molar-refractivity contribution in [2.75, 3.05) is 18.0 Å². The van der Waals surface area contributed by atoms with Gasteiger partial charge in [-0.15, -0.1) is 0 Å². The third kappa shape index (κ3) is 3.74. The number of rotatable bonds is 4. The third-order valence-corrected chi connectivity index (χ3v) is 6.92. The van der Waals surface area contributed by atoms with Crippen LogP contribution >= 0.6 is 0 Å². The molecule has 4 aliphatic rings. The van der Waals surface area contributed by atoms with Gasteiger partial charge >= 0.3 is 0 Å². The number of anilines is 1. The van der Waals surface area contributed by atoms with Crippen molar-refractivity contribution in [3.63, 3.8) is 0 Å². The third-order valence-electron chi connectivity index (χ3n) is 6.92. The van der Waals surface area contributed by atoms with Gasteiger partial charge in [0.05, 0.1) is 23.4 Å². The molecule has 0 amide bonds. The van der Waals surface area contributed by atoms with Crippen LogP contribution in [0.15, 0.2) is 12.4 Å². The number of hydrazine groups is 1. The summed E-state index contributed by atoms with van der Waals surface area (Å²) in [5.74, 6) is -1.39. The number of halogens is 2. The molecule has 6 nitrogen and oxygen atoms in total. The molecule has 4 unspecified atom stereocenters. The number of aromatic nitrogens is 2. The van der Waals surface area contributed by atoms with Crippen LogP contribution in [0.2, 0.25) is 0 Å². The van der Waals surface area contributed by atoms with Gasteiger partial charge in [0.1, 0.15) is 12.1 Å². The molecule has 1 aromatic heterocycles. The molecule has 0 bridgehead atoms. The Morgan fingerprint density at radius 2 is 1.89 bits per heavy atom. The van der Waals surface area contributed by atoms with E-state index in [0.29, 0.717) is 31.2 Å². The lowest BCUT2D eigenvalue weighted by Gasteiger charge is -2.35. The number of nitrogens with zero attached hydrogens (tertiary/aromatic N) is 3. The Bertz CT molecular complexity index is 718. The molecule has 2 aliphatic carbocycles. The molecule has 2 aliphatic heterocycles. The molecule has 5 rings (SSSR count). The van der Waals surface area contributed by atoms with E-state index in [2.05, 4.69) is 27.7 Å². The zero-order valence-electron chi connectivity index (χ0n) is 16.3. The van der Waals surface area contributed by atoms with Crippen molar-refractivity contribution in [3.05, 3.63) is 18.1 Å². The molecular formula is C20H29F2N5O. The number of ether oxygens (including phenoxy) is 1. The zero-order valence-corrected chi connectivity index (χ0v) is 16.3.